The zero-order valence-corrected chi connectivity index (χ0v) is 9.10. The summed E-state index contributed by atoms with van der Waals surface area (Å²) in [5.74, 6) is 2.03. The predicted molar refractivity (Wildman–Crippen MR) is 54.6 cm³/mol. The summed E-state index contributed by atoms with van der Waals surface area (Å²) in [6.07, 6.45) is 5.90. The number of hydrogen-bond donors (Lipinski definition) is 0. The molecule has 0 saturated heterocycles. The Labute approximate surface area is 77.9 Å². The fourth-order valence-electron chi connectivity index (χ4n) is 1.75. The van der Waals surface area contributed by atoms with Gasteiger partial charge in [-0.2, -0.15) is 0 Å². The molecule has 0 nitrogen and oxygen atoms in total. The van der Waals surface area contributed by atoms with E-state index in [9.17, 15) is 0 Å². The van der Waals surface area contributed by atoms with Crippen LogP contribution in [0.5, 0.6) is 0 Å². The van der Waals surface area contributed by atoms with Gasteiger partial charge in [0.05, 0.1) is 0 Å². The van der Waals surface area contributed by atoms with E-state index < -0.39 is 0 Å². The first kappa shape index (κ1) is 8.82. The van der Waals surface area contributed by atoms with Gasteiger partial charge in [0.25, 0.3) is 0 Å². The maximum Gasteiger partial charge on any atom is 0.0110 e. The maximum absolute atomic E-state index is 2.57. The summed E-state index contributed by atoms with van der Waals surface area (Å²) in [4.78, 5) is 0. The van der Waals surface area contributed by atoms with Gasteiger partial charge in [-0.1, -0.05) is 49.3 Å². The third-order valence-corrected chi connectivity index (χ3v) is 3.73. The van der Waals surface area contributed by atoms with Gasteiger partial charge in [-0.05, 0) is 24.7 Å². The van der Waals surface area contributed by atoms with Gasteiger partial charge in [-0.15, -0.1) is 0 Å². The Kier molecular flexibility index (Phi) is 3.47. The van der Waals surface area contributed by atoms with E-state index in [-0.39, 0.29) is 0 Å². The minimum Gasteiger partial charge on any atom is -0.0826 e. The molecule has 0 aromatic carbocycles. The molecule has 0 amide bonds. The molecule has 1 fully saturated rings. The molecule has 0 aromatic heterocycles. The molecule has 0 radical (unpaired) electrons. The minimum atomic E-state index is 0.894. The van der Waals surface area contributed by atoms with E-state index in [2.05, 4.69) is 36.4 Å². The molecule has 0 N–H and O–H groups in total. The Balaban J connectivity index is 2.26. The lowest BCUT2D eigenvalue weighted by atomic mass is 9.82. The van der Waals surface area contributed by atoms with Crippen LogP contribution < -0.4 is 0 Å². The normalized spacial score (nSPS) is 37.5. The Morgan fingerprint density at radius 3 is 2.10 bits per heavy atom. The largest absolute Gasteiger partial charge is 0.0826 e. The monoisotopic (exact) mass is 252 g/mol. The summed E-state index contributed by atoms with van der Waals surface area (Å²) >= 11 is 2.57. The van der Waals surface area contributed by atoms with Gasteiger partial charge in [0.2, 0.25) is 0 Å². The van der Waals surface area contributed by atoms with Crippen LogP contribution in [0.2, 0.25) is 0 Å². The van der Waals surface area contributed by atoms with Crippen molar-refractivity contribution in [3.05, 3.63) is 0 Å². The summed E-state index contributed by atoms with van der Waals surface area (Å²) < 4.78 is 0.894. The fourth-order valence-corrected chi connectivity index (χ4v) is 2.46. The Morgan fingerprint density at radius 2 is 1.70 bits per heavy atom. The number of alkyl halides is 1. The molecule has 1 rings (SSSR count). The smallest absolute Gasteiger partial charge is 0.0110 e. The summed E-state index contributed by atoms with van der Waals surface area (Å²) in [6.45, 7) is 4.73. The van der Waals surface area contributed by atoms with Crippen LogP contribution >= 0.6 is 22.6 Å². The molecule has 1 unspecified atom stereocenters. The van der Waals surface area contributed by atoms with E-state index in [0.717, 1.165) is 15.8 Å². The SMILES string of the molecule is CC1CCC(C(C)I)CC1. The lowest BCUT2D eigenvalue weighted by molar-refractivity contribution is 0.294. The van der Waals surface area contributed by atoms with Crippen molar-refractivity contribution < 1.29 is 0 Å². The molecule has 0 heterocycles. The molecular formula is C9H17I. The Bertz CT molecular complexity index is 90.9. The van der Waals surface area contributed by atoms with Crippen molar-refractivity contribution in [1.29, 1.82) is 0 Å². The van der Waals surface area contributed by atoms with Gasteiger partial charge in [-0.3, -0.25) is 0 Å². The highest BCUT2D eigenvalue weighted by molar-refractivity contribution is 14.1. The van der Waals surface area contributed by atoms with E-state index >= 15 is 0 Å². The van der Waals surface area contributed by atoms with Crippen molar-refractivity contribution >= 4 is 22.6 Å². The number of hydrogen-bond acceptors (Lipinski definition) is 0. The van der Waals surface area contributed by atoms with Gasteiger partial charge >= 0.3 is 0 Å². The molecule has 60 valence electrons. The molecular weight excluding hydrogens is 235 g/mol. The van der Waals surface area contributed by atoms with Gasteiger partial charge < -0.3 is 0 Å². The topological polar surface area (TPSA) is 0 Å². The maximum atomic E-state index is 2.57. The summed E-state index contributed by atoms with van der Waals surface area (Å²) in [6, 6.07) is 0. The standard InChI is InChI=1S/C9H17I/c1-7-3-5-9(6-4-7)8(2)10/h7-9H,3-6H2,1-2H3. The van der Waals surface area contributed by atoms with E-state index in [4.69, 9.17) is 0 Å². The quantitative estimate of drug-likeness (QED) is 0.493. The van der Waals surface area contributed by atoms with E-state index in [1.807, 2.05) is 0 Å². The highest BCUT2D eigenvalue weighted by Crippen LogP contribution is 2.32. The van der Waals surface area contributed by atoms with Gasteiger partial charge in [-0.25, -0.2) is 0 Å². The summed E-state index contributed by atoms with van der Waals surface area (Å²) in [5, 5.41) is 0. The van der Waals surface area contributed by atoms with Gasteiger partial charge in [0.15, 0.2) is 0 Å². The summed E-state index contributed by atoms with van der Waals surface area (Å²) in [7, 11) is 0. The molecule has 10 heavy (non-hydrogen) atoms. The second-order valence-electron chi connectivity index (χ2n) is 3.70. The van der Waals surface area contributed by atoms with Crippen molar-refractivity contribution in [3.63, 3.8) is 0 Å². The van der Waals surface area contributed by atoms with E-state index in [0.29, 0.717) is 0 Å². The van der Waals surface area contributed by atoms with Crippen LogP contribution in [0.1, 0.15) is 39.5 Å². The minimum absolute atomic E-state index is 0.894. The van der Waals surface area contributed by atoms with Crippen LogP contribution in [-0.4, -0.2) is 3.92 Å². The van der Waals surface area contributed by atoms with Crippen molar-refractivity contribution in [2.45, 2.75) is 43.5 Å². The van der Waals surface area contributed by atoms with E-state index in [1.165, 1.54) is 25.7 Å². The van der Waals surface area contributed by atoms with Crippen LogP contribution in [0.15, 0.2) is 0 Å². The average Bonchev–Trinajstić information content (AvgIpc) is 1.88. The number of halogens is 1. The predicted octanol–water partition coefficient (Wildman–Crippen LogP) is 3.64. The first-order chi connectivity index (χ1) is 4.70. The molecule has 1 heteroatoms. The lowest BCUT2D eigenvalue weighted by Crippen LogP contribution is -2.18. The molecule has 1 atom stereocenters. The van der Waals surface area contributed by atoms with Gasteiger partial charge in [0.1, 0.15) is 0 Å². The third-order valence-electron chi connectivity index (χ3n) is 2.71. The fraction of sp³-hybridized carbons (Fsp3) is 1.00. The lowest BCUT2D eigenvalue weighted by Gasteiger charge is -2.27. The van der Waals surface area contributed by atoms with Crippen molar-refractivity contribution in [3.8, 4) is 0 Å². The van der Waals surface area contributed by atoms with Crippen molar-refractivity contribution in [1.82, 2.24) is 0 Å². The highest BCUT2D eigenvalue weighted by Gasteiger charge is 2.20. The first-order valence-corrected chi connectivity index (χ1v) is 5.58. The molecule has 0 bridgehead atoms. The molecule has 0 aromatic rings. The molecule has 1 aliphatic carbocycles. The molecule has 0 spiro atoms. The van der Waals surface area contributed by atoms with Crippen LogP contribution in [0.25, 0.3) is 0 Å². The third kappa shape index (κ3) is 2.40. The van der Waals surface area contributed by atoms with Crippen LogP contribution in [0.3, 0.4) is 0 Å². The first-order valence-electron chi connectivity index (χ1n) is 4.34. The average molecular weight is 252 g/mol. The molecule has 0 aliphatic heterocycles. The van der Waals surface area contributed by atoms with Crippen molar-refractivity contribution in [2.24, 2.45) is 11.8 Å². The van der Waals surface area contributed by atoms with Gasteiger partial charge in [0, 0.05) is 3.92 Å². The van der Waals surface area contributed by atoms with Crippen LogP contribution in [0, 0.1) is 11.8 Å². The number of rotatable bonds is 1. The highest BCUT2D eigenvalue weighted by atomic mass is 127. The van der Waals surface area contributed by atoms with Crippen LogP contribution in [0.4, 0.5) is 0 Å². The van der Waals surface area contributed by atoms with Crippen molar-refractivity contribution in [2.75, 3.05) is 0 Å². The zero-order valence-electron chi connectivity index (χ0n) is 6.94. The van der Waals surface area contributed by atoms with E-state index in [1.54, 1.807) is 0 Å². The second kappa shape index (κ2) is 3.93. The molecule has 1 saturated carbocycles. The Hall–Kier alpha value is 0.730. The second-order valence-corrected chi connectivity index (χ2v) is 5.66. The summed E-state index contributed by atoms with van der Waals surface area (Å²) in [5.41, 5.74) is 0. The van der Waals surface area contributed by atoms with Crippen LogP contribution in [-0.2, 0) is 0 Å². The molecule has 1 aliphatic rings. The Morgan fingerprint density at radius 1 is 1.20 bits per heavy atom. The zero-order chi connectivity index (χ0) is 7.56.